The van der Waals surface area contributed by atoms with Gasteiger partial charge in [0.2, 0.25) is 0 Å². The van der Waals surface area contributed by atoms with Gasteiger partial charge in [0.05, 0.1) is 23.3 Å². The summed E-state index contributed by atoms with van der Waals surface area (Å²) in [6.45, 7) is 7.07. The Labute approximate surface area is 128 Å². The van der Waals surface area contributed by atoms with Gasteiger partial charge in [-0.05, 0) is 47.5 Å². The Hall–Kier alpha value is -0.780. The van der Waals surface area contributed by atoms with E-state index in [9.17, 15) is 0 Å². The van der Waals surface area contributed by atoms with Crippen LogP contribution >= 0.6 is 15.9 Å². The number of fused-ring (bicyclic) bond motifs is 1. The zero-order valence-corrected chi connectivity index (χ0v) is 13.9. The van der Waals surface area contributed by atoms with Gasteiger partial charge in [-0.3, -0.25) is 0 Å². The number of rotatable bonds is 5. The van der Waals surface area contributed by atoms with Crippen molar-refractivity contribution >= 4 is 15.9 Å². The molecule has 0 unspecified atom stereocenters. The van der Waals surface area contributed by atoms with E-state index in [1.807, 2.05) is 6.07 Å². The maximum Gasteiger partial charge on any atom is 0.175 e. The third-order valence-electron chi connectivity index (χ3n) is 3.29. The summed E-state index contributed by atoms with van der Waals surface area (Å²) in [6, 6.07) is 4.11. The van der Waals surface area contributed by atoms with Crippen LogP contribution in [0.3, 0.4) is 0 Å². The third-order valence-corrected chi connectivity index (χ3v) is 3.88. The fourth-order valence-corrected chi connectivity index (χ4v) is 2.57. The number of methoxy groups -OCH3 is 1. The molecule has 1 aliphatic rings. The Morgan fingerprint density at radius 2 is 2.05 bits per heavy atom. The number of hydrogen-bond acceptors (Lipinski definition) is 4. The molecule has 0 atom stereocenters. The second-order valence-electron chi connectivity index (χ2n) is 5.52. The second kappa shape index (κ2) is 6.78. The predicted molar refractivity (Wildman–Crippen MR) is 82.5 cm³/mol. The maximum atomic E-state index is 5.73. The molecule has 0 bridgehead atoms. The highest BCUT2D eigenvalue weighted by molar-refractivity contribution is 9.10. The summed E-state index contributed by atoms with van der Waals surface area (Å²) in [5.41, 5.74) is 0.996. The SMILES string of the molecule is COC(C)(C)CNCc1cc(Br)c2c(c1)OCCCO2. The number of halogens is 1. The van der Waals surface area contributed by atoms with E-state index in [1.165, 1.54) is 0 Å². The second-order valence-corrected chi connectivity index (χ2v) is 6.38. The number of hydrogen-bond donors (Lipinski definition) is 1. The molecular weight excluding hydrogens is 322 g/mol. The minimum absolute atomic E-state index is 0.164. The molecule has 0 fully saturated rings. The van der Waals surface area contributed by atoms with Crippen LogP contribution in [0.5, 0.6) is 11.5 Å². The lowest BCUT2D eigenvalue weighted by molar-refractivity contribution is 0.0230. The molecule has 1 aromatic carbocycles. The average Bonchev–Trinajstić information content (AvgIpc) is 2.64. The summed E-state index contributed by atoms with van der Waals surface area (Å²) in [6.07, 6.45) is 0.913. The Morgan fingerprint density at radius 3 is 2.80 bits per heavy atom. The molecule has 5 heteroatoms. The molecule has 0 aromatic heterocycles. The average molecular weight is 344 g/mol. The lowest BCUT2D eigenvalue weighted by atomic mass is 10.1. The van der Waals surface area contributed by atoms with Crippen molar-refractivity contribution in [2.75, 3.05) is 26.9 Å². The lowest BCUT2D eigenvalue weighted by Gasteiger charge is -2.23. The number of nitrogens with one attached hydrogen (secondary N) is 1. The van der Waals surface area contributed by atoms with Gasteiger partial charge in [-0.1, -0.05) is 0 Å². The fourth-order valence-electron chi connectivity index (χ4n) is 1.97. The summed E-state index contributed by atoms with van der Waals surface area (Å²) in [5, 5.41) is 3.40. The smallest absolute Gasteiger partial charge is 0.175 e. The van der Waals surface area contributed by atoms with Gasteiger partial charge in [-0.25, -0.2) is 0 Å². The molecule has 1 aliphatic heterocycles. The first-order valence-electron chi connectivity index (χ1n) is 6.86. The number of ether oxygens (including phenoxy) is 3. The van der Waals surface area contributed by atoms with Crippen molar-refractivity contribution in [1.82, 2.24) is 5.32 Å². The van der Waals surface area contributed by atoms with Gasteiger partial charge in [-0.15, -0.1) is 0 Å². The van der Waals surface area contributed by atoms with Crippen LogP contribution in [0, 0.1) is 0 Å². The van der Waals surface area contributed by atoms with E-state index >= 15 is 0 Å². The topological polar surface area (TPSA) is 39.7 Å². The van der Waals surface area contributed by atoms with E-state index in [2.05, 4.69) is 41.2 Å². The van der Waals surface area contributed by atoms with E-state index in [0.29, 0.717) is 13.2 Å². The molecule has 0 spiro atoms. The van der Waals surface area contributed by atoms with Gasteiger partial charge in [0.1, 0.15) is 0 Å². The minimum Gasteiger partial charge on any atom is -0.490 e. The predicted octanol–water partition coefficient (Wildman–Crippen LogP) is 3.13. The first-order valence-corrected chi connectivity index (χ1v) is 7.65. The minimum atomic E-state index is -0.164. The summed E-state index contributed by atoms with van der Waals surface area (Å²) in [5.74, 6) is 1.63. The van der Waals surface area contributed by atoms with Gasteiger partial charge in [0.25, 0.3) is 0 Å². The highest BCUT2D eigenvalue weighted by atomic mass is 79.9. The zero-order chi connectivity index (χ0) is 14.6. The van der Waals surface area contributed by atoms with E-state index in [0.717, 1.165) is 41.0 Å². The van der Waals surface area contributed by atoms with Crippen LogP contribution in [0.15, 0.2) is 16.6 Å². The van der Waals surface area contributed by atoms with Crippen molar-refractivity contribution in [3.63, 3.8) is 0 Å². The number of benzene rings is 1. The van der Waals surface area contributed by atoms with Crippen LogP contribution in [0.25, 0.3) is 0 Å². The molecule has 1 aromatic rings. The Morgan fingerprint density at radius 1 is 1.30 bits per heavy atom. The first kappa shape index (κ1) is 15.6. The third kappa shape index (κ3) is 4.11. The monoisotopic (exact) mass is 343 g/mol. The summed E-state index contributed by atoms with van der Waals surface area (Å²) >= 11 is 3.56. The van der Waals surface area contributed by atoms with Crippen LogP contribution in [-0.4, -0.2) is 32.5 Å². The van der Waals surface area contributed by atoms with Crippen molar-refractivity contribution < 1.29 is 14.2 Å². The van der Waals surface area contributed by atoms with Crippen molar-refractivity contribution in [3.05, 3.63) is 22.2 Å². The van der Waals surface area contributed by atoms with Crippen LogP contribution in [-0.2, 0) is 11.3 Å². The van der Waals surface area contributed by atoms with Crippen molar-refractivity contribution in [2.45, 2.75) is 32.4 Å². The largest absolute Gasteiger partial charge is 0.490 e. The van der Waals surface area contributed by atoms with Crippen LogP contribution in [0.4, 0.5) is 0 Å². The van der Waals surface area contributed by atoms with Gasteiger partial charge < -0.3 is 19.5 Å². The zero-order valence-electron chi connectivity index (χ0n) is 12.3. The molecule has 0 radical (unpaired) electrons. The van der Waals surface area contributed by atoms with Crippen molar-refractivity contribution in [1.29, 1.82) is 0 Å². The Balaban J connectivity index is 2.02. The first-order chi connectivity index (χ1) is 9.52. The highest BCUT2D eigenvalue weighted by Gasteiger charge is 2.17. The van der Waals surface area contributed by atoms with E-state index < -0.39 is 0 Å². The molecule has 4 nitrogen and oxygen atoms in total. The summed E-state index contributed by atoms with van der Waals surface area (Å²) < 4.78 is 17.8. The fraction of sp³-hybridized carbons (Fsp3) is 0.600. The van der Waals surface area contributed by atoms with Crippen molar-refractivity contribution in [2.24, 2.45) is 0 Å². The van der Waals surface area contributed by atoms with Crippen LogP contribution in [0.2, 0.25) is 0 Å². The van der Waals surface area contributed by atoms with Gasteiger partial charge in [0.15, 0.2) is 11.5 Å². The van der Waals surface area contributed by atoms with E-state index in [-0.39, 0.29) is 5.60 Å². The molecule has 0 saturated carbocycles. The highest BCUT2D eigenvalue weighted by Crippen LogP contribution is 2.38. The van der Waals surface area contributed by atoms with E-state index in [4.69, 9.17) is 14.2 Å². The van der Waals surface area contributed by atoms with E-state index in [1.54, 1.807) is 7.11 Å². The molecule has 20 heavy (non-hydrogen) atoms. The van der Waals surface area contributed by atoms with Gasteiger partial charge in [0, 0.05) is 26.6 Å². The molecule has 1 heterocycles. The molecular formula is C15H22BrNO3. The Bertz CT molecular complexity index is 463. The standard InChI is InChI=1S/C15H22BrNO3/c1-15(2,18-3)10-17-9-11-7-12(16)14-13(8-11)19-5-4-6-20-14/h7-8,17H,4-6,9-10H2,1-3H3. The molecule has 0 amide bonds. The Kier molecular flexibility index (Phi) is 5.29. The van der Waals surface area contributed by atoms with Gasteiger partial charge in [-0.2, -0.15) is 0 Å². The van der Waals surface area contributed by atoms with Gasteiger partial charge >= 0.3 is 0 Å². The molecule has 0 aliphatic carbocycles. The molecule has 1 N–H and O–H groups in total. The normalized spacial score (nSPS) is 15.0. The van der Waals surface area contributed by atoms with Crippen molar-refractivity contribution in [3.8, 4) is 11.5 Å². The van der Waals surface area contributed by atoms with Crippen LogP contribution in [0.1, 0.15) is 25.8 Å². The summed E-state index contributed by atoms with van der Waals surface area (Å²) in [4.78, 5) is 0. The quantitative estimate of drug-likeness (QED) is 0.891. The lowest BCUT2D eigenvalue weighted by Crippen LogP contribution is -2.36. The van der Waals surface area contributed by atoms with Crippen LogP contribution < -0.4 is 14.8 Å². The molecule has 0 saturated heterocycles. The summed E-state index contributed by atoms with van der Waals surface area (Å²) in [7, 11) is 1.73. The maximum absolute atomic E-state index is 5.73. The molecule has 2 rings (SSSR count). The molecule has 112 valence electrons.